The van der Waals surface area contributed by atoms with Crippen LogP contribution in [0.4, 0.5) is 0 Å². The minimum absolute atomic E-state index is 0.403. The summed E-state index contributed by atoms with van der Waals surface area (Å²) in [4.78, 5) is 31.1. The second-order valence-corrected chi connectivity index (χ2v) is 7.07. The molecule has 3 rings (SSSR count). The van der Waals surface area contributed by atoms with Gasteiger partial charge in [0, 0.05) is 13.6 Å². The van der Waals surface area contributed by atoms with E-state index in [1.54, 1.807) is 21.7 Å². The summed E-state index contributed by atoms with van der Waals surface area (Å²) in [5, 5.41) is 7.77. The van der Waals surface area contributed by atoms with Crippen molar-refractivity contribution in [3.63, 3.8) is 0 Å². The van der Waals surface area contributed by atoms with Crippen LogP contribution in [0.15, 0.2) is 19.4 Å². The van der Waals surface area contributed by atoms with Crippen LogP contribution in [-0.2, 0) is 19.3 Å². The number of fused-ring (bicyclic) bond motifs is 1. The van der Waals surface area contributed by atoms with Crippen LogP contribution in [0.1, 0.15) is 25.6 Å². The maximum absolute atomic E-state index is 12.1. The molecule has 3 heterocycles. The first-order chi connectivity index (χ1) is 11.1. The molecule has 0 amide bonds. The van der Waals surface area contributed by atoms with Crippen LogP contribution in [0.5, 0.6) is 0 Å². The van der Waals surface area contributed by atoms with Gasteiger partial charge in [-0.05, 0) is 6.42 Å². The van der Waals surface area contributed by atoms with E-state index in [0.29, 0.717) is 23.5 Å². The molecule has 10 heteroatoms. The lowest BCUT2D eigenvalue weighted by atomic mass is 10.3. The Morgan fingerprint density at radius 3 is 2.91 bits per heavy atom. The van der Waals surface area contributed by atoms with E-state index in [0.717, 1.165) is 23.0 Å². The SMILES string of the molecule is CCCCn1c(=O)[nH]c(=O)c2c1nc(CSc1nncs1)n2C. The number of aromatic nitrogens is 6. The molecule has 0 aliphatic rings. The van der Waals surface area contributed by atoms with Crippen LogP contribution in [-0.4, -0.2) is 29.3 Å². The predicted octanol–water partition coefficient (Wildman–Crippen LogP) is 1.37. The van der Waals surface area contributed by atoms with Crippen molar-refractivity contribution in [2.75, 3.05) is 0 Å². The fourth-order valence-corrected chi connectivity index (χ4v) is 3.77. The Bertz CT molecular complexity index is 924. The first-order valence-corrected chi connectivity index (χ1v) is 9.05. The Morgan fingerprint density at radius 2 is 2.22 bits per heavy atom. The molecule has 0 aromatic carbocycles. The van der Waals surface area contributed by atoms with Gasteiger partial charge in [-0.15, -0.1) is 10.2 Å². The summed E-state index contributed by atoms with van der Waals surface area (Å²) in [6.07, 6.45) is 1.81. The molecule has 0 saturated heterocycles. The number of H-pyrrole nitrogens is 1. The van der Waals surface area contributed by atoms with Gasteiger partial charge in [-0.2, -0.15) is 0 Å². The predicted molar refractivity (Wildman–Crippen MR) is 90.0 cm³/mol. The molecule has 0 spiro atoms. The third-order valence-electron chi connectivity index (χ3n) is 3.51. The maximum atomic E-state index is 12.1. The summed E-state index contributed by atoms with van der Waals surface area (Å²) >= 11 is 2.96. The molecular weight excluding hydrogens is 336 g/mol. The minimum atomic E-state index is -0.405. The summed E-state index contributed by atoms with van der Waals surface area (Å²) in [6, 6.07) is 0. The topological polar surface area (TPSA) is 98.5 Å². The standard InChI is InChI=1S/C13H16N6O2S2/c1-3-4-5-19-10-9(11(20)16-12(19)21)18(2)8(15-10)6-22-13-17-14-7-23-13/h7H,3-6H2,1-2H3,(H,16,20,21). The number of aryl methyl sites for hydroxylation is 2. The molecule has 0 aliphatic heterocycles. The first-order valence-electron chi connectivity index (χ1n) is 7.19. The molecule has 0 saturated carbocycles. The second-order valence-electron chi connectivity index (χ2n) is 5.02. The Labute approximate surface area is 139 Å². The fourth-order valence-electron chi connectivity index (χ4n) is 2.30. The Kier molecular flexibility index (Phi) is 4.62. The summed E-state index contributed by atoms with van der Waals surface area (Å²) in [5.41, 5.74) is 1.73. The zero-order valence-corrected chi connectivity index (χ0v) is 14.4. The van der Waals surface area contributed by atoms with Crippen LogP contribution in [0.3, 0.4) is 0 Å². The molecule has 0 fully saturated rings. The molecule has 8 nitrogen and oxygen atoms in total. The minimum Gasteiger partial charge on any atom is -0.325 e. The molecule has 3 aromatic heterocycles. The molecule has 122 valence electrons. The highest BCUT2D eigenvalue weighted by molar-refractivity contribution is 8.00. The smallest absolute Gasteiger partial charge is 0.325 e. The molecule has 1 N–H and O–H groups in total. The van der Waals surface area contributed by atoms with Gasteiger partial charge in [0.05, 0.1) is 5.75 Å². The highest BCUT2D eigenvalue weighted by Gasteiger charge is 2.16. The van der Waals surface area contributed by atoms with Crippen LogP contribution in [0.25, 0.3) is 11.2 Å². The molecule has 0 bridgehead atoms. The number of nitrogens with zero attached hydrogens (tertiary/aromatic N) is 5. The van der Waals surface area contributed by atoms with Crippen LogP contribution < -0.4 is 11.2 Å². The summed E-state index contributed by atoms with van der Waals surface area (Å²) < 4.78 is 4.12. The van der Waals surface area contributed by atoms with Gasteiger partial charge in [0.15, 0.2) is 15.5 Å². The largest absolute Gasteiger partial charge is 0.330 e. The summed E-state index contributed by atoms with van der Waals surface area (Å²) in [5.74, 6) is 1.28. The van der Waals surface area contributed by atoms with Gasteiger partial charge in [0.1, 0.15) is 11.3 Å². The normalized spacial score (nSPS) is 11.4. The highest BCUT2D eigenvalue weighted by atomic mass is 32.2. The molecule has 0 unspecified atom stereocenters. The third-order valence-corrected chi connectivity index (χ3v) is 5.36. The number of imidazole rings is 1. The van der Waals surface area contributed by atoms with Gasteiger partial charge in [0.25, 0.3) is 5.56 Å². The van der Waals surface area contributed by atoms with Gasteiger partial charge < -0.3 is 4.57 Å². The van der Waals surface area contributed by atoms with Crippen LogP contribution in [0.2, 0.25) is 0 Å². The molecule has 0 aliphatic carbocycles. The second kappa shape index (κ2) is 6.67. The van der Waals surface area contributed by atoms with Gasteiger partial charge in [0.2, 0.25) is 0 Å². The number of unbranched alkanes of at least 4 members (excludes halogenated alkanes) is 1. The highest BCUT2D eigenvalue weighted by Crippen LogP contribution is 2.24. The van der Waals surface area contributed by atoms with Crippen LogP contribution >= 0.6 is 23.1 Å². The van der Waals surface area contributed by atoms with Crippen molar-refractivity contribution < 1.29 is 0 Å². The van der Waals surface area contributed by atoms with E-state index in [9.17, 15) is 9.59 Å². The fraction of sp³-hybridized carbons (Fsp3) is 0.462. The zero-order chi connectivity index (χ0) is 16.4. The molecule has 0 radical (unpaired) electrons. The number of hydrogen-bond donors (Lipinski definition) is 1. The molecule has 23 heavy (non-hydrogen) atoms. The molecular formula is C13H16N6O2S2. The number of hydrogen-bond acceptors (Lipinski definition) is 7. The average Bonchev–Trinajstić information content (AvgIpc) is 3.13. The van der Waals surface area contributed by atoms with Gasteiger partial charge in [-0.25, -0.2) is 9.78 Å². The van der Waals surface area contributed by atoms with Crippen molar-refractivity contribution in [3.05, 3.63) is 32.2 Å². The van der Waals surface area contributed by atoms with E-state index < -0.39 is 11.2 Å². The van der Waals surface area contributed by atoms with E-state index >= 15 is 0 Å². The Balaban J connectivity index is 2.03. The van der Waals surface area contributed by atoms with E-state index in [1.165, 1.54) is 23.1 Å². The first kappa shape index (κ1) is 15.9. The molecule has 3 aromatic rings. The van der Waals surface area contributed by atoms with Crippen molar-refractivity contribution in [2.45, 2.75) is 36.4 Å². The van der Waals surface area contributed by atoms with E-state index in [1.807, 2.05) is 0 Å². The van der Waals surface area contributed by atoms with Crippen molar-refractivity contribution in [3.8, 4) is 0 Å². The maximum Gasteiger partial charge on any atom is 0.330 e. The monoisotopic (exact) mass is 352 g/mol. The Hall–Kier alpha value is -1.94. The number of thioether (sulfide) groups is 1. The average molecular weight is 352 g/mol. The lowest BCUT2D eigenvalue weighted by molar-refractivity contribution is 0.613. The molecule has 0 atom stereocenters. The summed E-state index contributed by atoms with van der Waals surface area (Å²) in [7, 11) is 1.79. The zero-order valence-electron chi connectivity index (χ0n) is 12.8. The quantitative estimate of drug-likeness (QED) is 0.673. The van der Waals surface area contributed by atoms with E-state index in [2.05, 4.69) is 27.1 Å². The van der Waals surface area contributed by atoms with Crippen molar-refractivity contribution in [2.24, 2.45) is 7.05 Å². The van der Waals surface area contributed by atoms with Gasteiger partial charge in [-0.1, -0.05) is 36.4 Å². The van der Waals surface area contributed by atoms with Gasteiger partial charge in [-0.3, -0.25) is 14.3 Å². The van der Waals surface area contributed by atoms with E-state index in [4.69, 9.17) is 0 Å². The van der Waals surface area contributed by atoms with Crippen molar-refractivity contribution in [1.82, 2.24) is 29.3 Å². The van der Waals surface area contributed by atoms with Crippen molar-refractivity contribution >= 4 is 34.3 Å². The van der Waals surface area contributed by atoms with E-state index in [-0.39, 0.29) is 0 Å². The Morgan fingerprint density at radius 1 is 1.39 bits per heavy atom. The van der Waals surface area contributed by atoms with Gasteiger partial charge >= 0.3 is 5.69 Å². The summed E-state index contributed by atoms with van der Waals surface area (Å²) in [6.45, 7) is 2.60. The lowest BCUT2D eigenvalue weighted by Gasteiger charge is -2.04. The number of aromatic amines is 1. The third kappa shape index (κ3) is 3.08. The lowest BCUT2D eigenvalue weighted by Crippen LogP contribution is -2.31. The number of rotatable bonds is 6. The van der Waals surface area contributed by atoms with Crippen molar-refractivity contribution in [1.29, 1.82) is 0 Å². The number of nitrogens with one attached hydrogen (secondary N) is 1. The van der Waals surface area contributed by atoms with Crippen LogP contribution in [0, 0.1) is 0 Å².